The van der Waals surface area contributed by atoms with E-state index in [-0.39, 0.29) is 17.6 Å². The molecule has 7 heteroatoms. The van der Waals surface area contributed by atoms with Crippen molar-refractivity contribution in [3.05, 3.63) is 59.2 Å². The minimum atomic E-state index is -0.941. The van der Waals surface area contributed by atoms with Gasteiger partial charge in [-0.2, -0.15) is 0 Å². The highest BCUT2D eigenvalue weighted by atomic mass is 32.2. The number of piperidine rings is 1. The first-order valence-corrected chi connectivity index (χ1v) is 11.0. The Morgan fingerprint density at radius 2 is 1.77 bits per heavy atom. The van der Waals surface area contributed by atoms with Crippen LogP contribution in [0.15, 0.2) is 41.3 Å². The predicted octanol–water partition coefficient (Wildman–Crippen LogP) is 5.12. The van der Waals surface area contributed by atoms with Crippen molar-refractivity contribution in [1.29, 1.82) is 0 Å². The average molecular weight is 433 g/mol. The number of halogens is 2. The number of thioether (sulfide) groups is 1. The monoisotopic (exact) mass is 432 g/mol. The second kappa shape index (κ2) is 9.60. The molecule has 0 aliphatic carbocycles. The van der Waals surface area contributed by atoms with E-state index in [1.165, 1.54) is 6.07 Å². The number of hydrogen-bond donors (Lipinski definition) is 1. The van der Waals surface area contributed by atoms with E-state index >= 15 is 0 Å². The molecule has 0 radical (unpaired) electrons. The van der Waals surface area contributed by atoms with Crippen LogP contribution in [-0.4, -0.2) is 35.6 Å². The number of rotatable bonds is 5. The maximum Gasteiger partial charge on any atom is 0.253 e. The molecule has 0 bridgehead atoms. The number of amides is 2. The molecule has 1 aliphatic rings. The van der Waals surface area contributed by atoms with E-state index in [1.54, 1.807) is 12.1 Å². The second-order valence-corrected chi connectivity index (χ2v) is 9.15. The van der Waals surface area contributed by atoms with Gasteiger partial charge in [-0.3, -0.25) is 9.59 Å². The summed E-state index contributed by atoms with van der Waals surface area (Å²) in [5.74, 6) is -1.18. The number of carbonyl (C=O) groups excluding carboxylic acids is 2. The molecule has 1 N–H and O–H groups in total. The van der Waals surface area contributed by atoms with Crippen LogP contribution >= 0.6 is 11.8 Å². The quantitative estimate of drug-likeness (QED) is 0.667. The molecule has 3 rings (SSSR count). The predicted molar refractivity (Wildman–Crippen MR) is 116 cm³/mol. The molecule has 2 atom stereocenters. The van der Waals surface area contributed by atoms with Gasteiger partial charge in [0.05, 0.1) is 5.75 Å². The van der Waals surface area contributed by atoms with Crippen LogP contribution in [0, 0.1) is 30.4 Å². The van der Waals surface area contributed by atoms with E-state index in [1.807, 2.05) is 17.9 Å². The van der Waals surface area contributed by atoms with Gasteiger partial charge in [0, 0.05) is 29.2 Å². The number of nitrogens with one attached hydrogen (secondary N) is 1. The van der Waals surface area contributed by atoms with Crippen LogP contribution in [0.1, 0.15) is 36.2 Å². The Hall–Kier alpha value is -2.41. The lowest BCUT2D eigenvalue weighted by atomic mass is 9.91. The summed E-state index contributed by atoms with van der Waals surface area (Å²) in [5.41, 5.74) is 1.97. The van der Waals surface area contributed by atoms with Gasteiger partial charge in [-0.05, 0) is 61.1 Å². The minimum Gasteiger partial charge on any atom is -0.338 e. The van der Waals surface area contributed by atoms with E-state index in [0.29, 0.717) is 28.0 Å². The minimum absolute atomic E-state index is 0.0277. The zero-order valence-electron chi connectivity index (χ0n) is 17.4. The van der Waals surface area contributed by atoms with Gasteiger partial charge >= 0.3 is 0 Å². The Kier molecular flexibility index (Phi) is 7.13. The van der Waals surface area contributed by atoms with E-state index in [2.05, 4.69) is 19.2 Å². The fourth-order valence-corrected chi connectivity index (χ4v) is 4.52. The van der Waals surface area contributed by atoms with Crippen LogP contribution in [0.2, 0.25) is 0 Å². The van der Waals surface area contributed by atoms with Crippen molar-refractivity contribution in [3.8, 4) is 0 Å². The van der Waals surface area contributed by atoms with E-state index in [0.717, 1.165) is 49.0 Å². The summed E-state index contributed by atoms with van der Waals surface area (Å²) in [5, 5.41) is 2.82. The van der Waals surface area contributed by atoms with Crippen LogP contribution in [0.25, 0.3) is 0 Å². The first kappa shape index (κ1) is 22.3. The molecule has 2 amide bonds. The Balaban J connectivity index is 1.65. The number of benzene rings is 2. The Morgan fingerprint density at radius 3 is 2.43 bits per heavy atom. The lowest BCUT2D eigenvalue weighted by molar-refractivity contribution is -0.113. The fourth-order valence-electron chi connectivity index (χ4n) is 3.80. The Morgan fingerprint density at radius 1 is 1.07 bits per heavy atom. The molecule has 1 heterocycles. The highest BCUT2D eigenvalue weighted by Gasteiger charge is 2.26. The molecule has 2 aromatic rings. The highest BCUT2D eigenvalue weighted by molar-refractivity contribution is 8.00. The van der Waals surface area contributed by atoms with Crippen LogP contribution in [0.5, 0.6) is 0 Å². The maximum absolute atomic E-state index is 13.3. The normalized spacial score (nSPS) is 18.9. The summed E-state index contributed by atoms with van der Waals surface area (Å²) in [7, 11) is 0. The van der Waals surface area contributed by atoms with Crippen LogP contribution in [0.4, 0.5) is 14.5 Å². The second-order valence-electron chi connectivity index (χ2n) is 8.10. The largest absolute Gasteiger partial charge is 0.338 e. The number of carbonyl (C=O) groups is 2. The third-order valence-corrected chi connectivity index (χ3v) is 6.17. The molecule has 4 nitrogen and oxygen atoms in total. The number of nitrogens with zero attached hydrogens (tertiary/aromatic N) is 1. The maximum atomic E-state index is 13.3. The molecule has 2 aromatic carbocycles. The van der Waals surface area contributed by atoms with Crippen molar-refractivity contribution in [2.24, 2.45) is 11.8 Å². The van der Waals surface area contributed by atoms with Gasteiger partial charge in [-0.25, -0.2) is 8.78 Å². The zero-order chi connectivity index (χ0) is 21.8. The van der Waals surface area contributed by atoms with Crippen LogP contribution in [-0.2, 0) is 4.79 Å². The van der Waals surface area contributed by atoms with E-state index < -0.39 is 11.6 Å². The smallest absolute Gasteiger partial charge is 0.253 e. The summed E-state index contributed by atoms with van der Waals surface area (Å²) in [6, 6.07) is 8.86. The van der Waals surface area contributed by atoms with Crippen molar-refractivity contribution >= 4 is 29.3 Å². The lowest BCUT2D eigenvalue weighted by Crippen LogP contribution is -2.42. The van der Waals surface area contributed by atoms with Crippen molar-refractivity contribution in [3.63, 3.8) is 0 Å². The molecule has 0 aromatic heterocycles. The number of aryl methyl sites for hydroxylation is 1. The third-order valence-electron chi connectivity index (χ3n) is 5.18. The molecule has 30 heavy (non-hydrogen) atoms. The summed E-state index contributed by atoms with van der Waals surface area (Å²) in [6.07, 6.45) is 1.12. The average Bonchev–Trinajstić information content (AvgIpc) is 2.69. The molecule has 0 saturated carbocycles. The summed E-state index contributed by atoms with van der Waals surface area (Å²) in [6.45, 7) is 7.65. The van der Waals surface area contributed by atoms with Crippen molar-refractivity contribution < 1.29 is 18.4 Å². The van der Waals surface area contributed by atoms with Crippen LogP contribution < -0.4 is 5.32 Å². The Labute approximate surface area is 180 Å². The van der Waals surface area contributed by atoms with Gasteiger partial charge in [-0.15, -0.1) is 11.8 Å². The summed E-state index contributed by atoms with van der Waals surface area (Å²) in [4.78, 5) is 27.7. The molecule has 0 spiro atoms. The Bertz CT molecular complexity index is 941. The van der Waals surface area contributed by atoms with Gasteiger partial charge in [0.1, 0.15) is 0 Å². The molecule has 1 fully saturated rings. The van der Waals surface area contributed by atoms with E-state index in [4.69, 9.17) is 0 Å². The van der Waals surface area contributed by atoms with Gasteiger partial charge in [0.25, 0.3) is 5.91 Å². The standard InChI is InChI=1S/C23H26F2N2O2S/c1-14-8-15(2)12-27(11-14)23(29)17-5-4-16(3)21(9-17)26-22(28)13-30-18-6-7-19(24)20(25)10-18/h4-7,9-10,14-15H,8,11-13H2,1-3H3,(H,26,28). The van der Waals surface area contributed by atoms with Crippen molar-refractivity contribution in [2.75, 3.05) is 24.2 Å². The molecular formula is C23H26F2N2O2S. The van der Waals surface area contributed by atoms with E-state index in [9.17, 15) is 18.4 Å². The third kappa shape index (κ3) is 5.59. The summed E-state index contributed by atoms with van der Waals surface area (Å²) >= 11 is 1.12. The van der Waals surface area contributed by atoms with Gasteiger partial charge in [0.2, 0.25) is 5.91 Å². The molecule has 2 unspecified atom stereocenters. The lowest BCUT2D eigenvalue weighted by Gasteiger charge is -2.35. The molecule has 160 valence electrons. The van der Waals surface area contributed by atoms with Gasteiger partial charge in [0.15, 0.2) is 11.6 Å². The molecular weight excluding hydrogens is 406 g/mol. The number of anilines is 1. The first-order chi connectivity index (χ1) is 14.2. The highest BCUT2D eigenvalue weighted by Crippen LogP contribution is 2.25. The summed E-state index contributed by atoms with van der Waals surface area (Å²) < 4.78 is 26.3. The number of hydrogen-bond acceptors (Lipinski definition) is 3. The van der Waals surface area contributed by atoms with Gasteiger partial charge < -0.3 is 10.2 Å². The number of likely N-dealkylation sites (tertiary alicyclic amines) is 1. The zero-order valence-corrected chi connectivity index (χ0v) is 18.2. The van der Waals surface area contributed by atoms with Crippen LogP contribution in [0.3, 0.4) is 0 Å². The van der Waals surface area contributed by atoms with Gasteiger partial charge in [-0.1, -0.05) is 19.9 Å². The van der Waals surface area contributed by atoms with Crippen molar-refractivity contribution in [2.45, 2.75) is 32.1 Å². The molecule has 1 aliphatic heterocycles. The SMILES string of the molecule is Cc1ccc(C(=O)N2CC(C)CC(C)C2)cc1NC(=O)CSc1ccc(F)c(F)c1. The fraction of sp³-hybridized carbons (Fsp3) is 0.391. The van der Waals surface area contributed by atoms with Crippen molar-refractivity contribution in [1.82, 2.24) is 4.90 Å². The first-order valence-electron chi connectivity index (χ1n) is 10.0. The molecule has 1 saturated heterocycles. The topological polar surface area (TPSA) is 49.4 Å².